The van der Waals surface area contributed by atoms with Gasteiger partial charge in [-0.25, -0.2) is 19.3 Å². The largest absolute Gasteiger partial charge is 0.490 e. The summed E-state index contributed by atoms with van der Waals surface area (Å²) >= 11 is 0. The van der Waals surface area contributed by atoms with Crippen LogP contribution in [0.1, 0.15) is 49.5 Å². The highest BCUT2D eigenvalue weighted by molar-refractivity contribution is 5.73. The van der Waals surface area contributed by atoms with Crippen molar-refractivity contribution in [3.05, 3.63) is 50.4 Å². The fourth-order valence-corrected chi connectivity index (χ4v) is 5.05. The van der Waals surface area contributed by atoms with Crippen LogP contribution in [-0.4, -0.2) is 84.5 Å². The van der Waals surface area contributed by atoms with E-state index in [1.165, 1.54) is 4.68 Å². The minimum atomic E-state index is -5.08. The summed E-state index contributed by atoms with van der Waals surface area (Å²) in [7, 11) is 1.62. The fourth-order valence-electron chi connectivity index (χ4n) is 5.05. The third-order valence-electron chi connectivity index (χ3n) is 7.11. The zero-order valence-corrected chi connectivity index (χ0v) is 23.2. The number of ether oxygens (including phenoxy) is 2. The highest BCUT2D eigenvalue weighted by Crippen LogP contribution is 2.33. The number of carboxylic acids is 2. The molecule has 244 valence electrons. The Morgan fingerprint density at radius 1 is 1.05 bits per heavy atom. The Morgan fingerprint density at radius 3 is 2.18 bits per heavy atom. The zero-order valence-electron chi connectivity index (χ0n) is 23.2. The van der Waals surface area contributed by atoms with E-state index in [1.807, 2.05) is 12.1 Å². The number of nitrogens with zero attached hydrogens (tertiary/aromatic N) is 5. The van der Waals surface area contributed by atoms with Gasteiger partial charge in [0.25, 0.3) is 0 Å². The molecular formula is C25H29F6N5O8. The molecule has 4 heterocycles. The number of halogens is 6. The number of hydrogen-bond acceptors (Lipinski definition) is 9. The normalized spacial score (nSPS) is 20.2. The molecule has 0 amide bonds. The first-order valence-electron chi connectivity index (χ1n) is 13.1. The molecule has 2 fully saturated rings. The standard InChI is InChI=1S/C21H27N5O4.2C2HF3O2/c1-29-18-15(5-4-9-22-18)11-24-10-8-21(13-24)14-25-17(12-30-21)23-26(20(28)19(25)27)16-6-2-3-7-16;2*3-2(4,5)1(6)7/h4-5,9,16H,2-3,6-8,10-14H2,1H3;2*(H,6,7). The first-order chi connectivity index (χ1) is 20.5. The minimum absolute atomic E-state index is 0.0448. The van der Waals surface area contributed by atoms with Crippen LogP contribution >= 0.6 is 0 Å². The van der Waals surface area contributed by atoms with Gasteiger partial charge in [0, 0.05) is 31.4 Å². The molecule has 1 spiro atoms. The summed E-state index contributed by atoms with van der Waals surface area (Å²) in [5.41, 5.74) is -0.425. The van der Waals surface area contributed by atoms with Gasteiger partial charge in [-0.05, 0) is 25.3 Å². The number of carboxylic acid groups (broad SMARTS) is 2. The van der Waals surface area contributed by atoms with Crippen molar-refractivity contribution in [2.24, 2.45) is 0 Å². The highest BCUT2D eigenvalue weighted by Gasteiger charge is 2.44. The summed E-state index contributed by atoms with van der Waals surface area (Å²) < 4.78 is 78.1. The van der Waals surface area contributed by atoms with Gasteiger partial charge in [-0.2, -0.15) is 31.4 Å². The lowest BCUT2D eigenvalue weighted by Crippen LogP contribution is -2.53. The second-order valence-corrected chi connectivity index (χ2v) is 10.2. The fraction of sp³-hybridized carbons (Fsp3) is 0.600. The summed E-state index contributed by atoms with van der Waals surface area (Å²) in [4.78, 5) is 49.9. The Bertz CT molecular complexity index is 1430. The summed E-state index contributed by atoms with van der Waals surface area (Å²) in [6.45, 7) is 2.85. The number of methoxy groups -OCH3 is 1. The van der Waals surface area contributed by atoms with E-state index in [0.717, 1.165) is 44.2 Å². The third kappa shape index (κ3) is 8.55. The molecular weight excluding hydrogens is 612 g/mol. The second-order valence-electron chi connectivity index (χ2n) is 10.2. The average Bonchev–Trinajstić information content (AvgIpc) is 3.62. The second kappa shape index (κ2) is 13.7. The van der Waals surface area contributed by atoms with Crippen molar-refractivity contribution in [2.75, 3.05) is 20.2 Å². The van der Waals surface area contributed by atoms with Gasteiger partial charge in [-0.1, -0.05) is 18.9 Å². The Morgan fingerprint density at radius 2 is 1.64 bits per heavy atom. The Labute approximate surface area is 244 Å². The number of alkyl halides is 6. The molecule has 0 aromatic carbocycles. The first kappa shape index (κ1) is 34.5. The number of aromatic nitrogens is 4. The zero-order chi connectivity index (χ0) is 32.9. The number of hydrogen-bond donors (Lipinski definition) is 2. The Hall–Kier alpha value is -4.00. The summed E-state index contributed by atoms with van der Waals surface area (Å²) in [5, 5.41) is 18.8. The number of rotatable bonds is 4. The van der Waals surface area contributed by atoms with E-state index in [1.54, 1.807) is 17.9 Å². The van der Waals surface area contributed by atoms with E-state index in [-0.39, 0.29) is 12.6 Å². The lowest BCUT2D eigenvalue weighted by Gasteiger charge is -2.35. The third-order valence-corrected chi connectivity index (χ3v) is 7.11. The van der Waals surface area contributed by atoms with Crippen LogP contribution in [0, 0.1) is 0 Å². The van der Waals surface area contributed by atoms with Gasteiger partial charge in [0.1, 0.15) is 12.2 Å². The highest BCUT2D eigenvalue weighted by atomic mass is 19.4. The quantitative estimate of drug-likeness (QED) is 0.372. The van der Waals surface area contributed by atoms with E-state index in [4.69, 9.17) is 29.3 Å². The van der Waals surface area contributed by atoms with Crippen molar-refractivity contribution < 1.29 is 55.6 Å². The summed E-state index contributed by atoms with van der Waals surface area (Å²) in [5.74, 6) is -4.33. The van der Waals surface area contributed by atoms with Gasteiger partial charge in [0.05, 0.1) is 19.7 Å². The number of likely N-dealkylation sites (tertiary alicyclic amines) is 1. The van der Waals surface area contributed by atoms with Gasteiger partial charge in [-0.15, -0.1) is 0 Å². The van der Waals surface area contributed by atoms with Gasteiger partial charge in [-0.3, -0.25) is 19.1 Å². The molecule has 5 rings (SSSR count). The molecule has 1 saturated carbocycles. The topological polar surface area (TPSA) is 166 Å². The lowest BCUT2D eigenvalue weighted by atomic mass is 10.0. The average molecular weight is 642 g/mol. The smallest absolute Gasteiger partial charge is 0.481 e. The summed E-state index contributed by atoms with van der Waals surface area (Å²) in [6, 6.07) is 3.95. The summed E-state index contributed by atoms with van der Waals surface area (Å²) in [6.07, 6.45) is -3.68. The van der Waals surface area contributed by atoms with Crippen LogP contribution in [0.25, 0.3) is 0 Å². The molecule has 13 nitrogen and oxygen atoms in total. The predicted octanol–water partition coefficient (Wildman–Crippen LogP) is 2.37. The molecule has 44 heavy (non-hydrogen) atoms. The Balaban J connectivity index is 0.000000317. The van der Waals surface area contributed by atoms with Crippen molar-refractivity contribution in [3.63, 3.8) is 0 Å². The predicted molar refractivity (Wildman–Crippen MR) is 136 cm³/mol. The van der Waals surface area contributed by atoms with E-state index < -0.39 is 41.0 Å². The van der Waals surface area contributed by atoms with Crippen LogP contribution in [0.15, 0.2) is 27.9 Å². The maximum absolute atomic E-state index is 12.9. The minimum Gasteiger partial charge on any atom is -0.481 e. The van der Waals surface area contributed by atoms with E-state index >= 15 is 0 Å². The van der Waals surface area contributed by atoms with Crippen LogP contribution in [0.4, 0.5) is 26.3 Å². The van der Waals surface area contributed by atoms with Crippen LogP contribution in [0.2, 0.25) is 0 Å². The molecule has 1 saturated heterocycles. The van der Waals surface area contributed by atoms with Crippen molar-refractivity contribution >= 4 is 11.9 Å². The Kier molecular flexibility index (Phi) is 10.8. The maximum atomic E-state index is 12.9. The van der Waals surface area contributed by atoms with Gasteiger partial charge in [0.15, 0.2) is 5.82 Å². The van der Waals surface area contributed by atoms with Crippen molar-refractivity contribution in [1.82, 2.24) is 24.2 Å². The molecule has 2 aromatic heterocycles. The maximum Gasteiger partial charge on any atom is 0.490 e. The molecule has 0 bridgehead atoms. The molecule has 2 aromatic rings. The van der Waals surface area contributed by atoms with Crippen LogP contribution in [0.5, 0.6) is 5.88 Å². The van der Waals surface area contributed by atoms with Crippen LogP contribution in [-0.2, 0) is 34.0 Å². The van der Waals surface area contributed by atoms with Crippen molar-refractivity contribution in [1.29, 1.82) is 0 Å². The molecule has 1 unspecified atom stereocenters. The van der Waals surface area contributed by atoms with Crippen LogP contribution < -0.4 is 15.9 Å². The first-order valence-corrected chi connectivity index (χ1v) is 13.1. The molecule has 2 N–H and O–H groups in total. The molecule has 0 radical (unpaired) electrons. The van der Waals surface area contributed by atoms with Crippen molar-refractivity contribution in [2.45, 2.75) is 75.8 Å². The molecule has 3 aliphatic rings. The number of pyridine rings is 1. The van der Waals surface area contributed by atoms with E-state index in [9.17, 15) is 35.9 Å². The molecule has 2 aliphatic heterocycles. The van der Waals surface area contributed by atoms with Crippen molar-refractivity contribution in [3.8, 4) is 5.88 Å². The number of carbonyl (C=O) groups is 2. The SMILES string of the molecule is COc1ncccc1CN1CCC2(C1)Cn1c(nn(C3CCCC3)c(=O)c1=O)CO2.O=C(O)C(F)(F)F.O=C(O)C(F)(F)F. The van der Waals surface area contributed by atoms with Gasteiger partial charge >= 0.3 is 35.4 Å². The number of fused-ring (bicyclic) bond motifs is 1. The number of aliphatic carboxylic acids is 2. The van der Waals surface area contributed by atoms with E-state index in [2.05, 4.69) is 15.0 Å². The molecule has 19 heteroatoms. The molecule has 1 aliphatic carbocycles. The monoisotopic (exact) mass is 641 g/mol. The molecule has 1 atom stereocenters. The lowest BCUT2D eigenvalue weighted by molar-refractivity contribution is -0.193. The van der Waals surface area contributed by atoms with Gasteiger partial charge in [0.2, 0.25) is 5.88 Å². The van der Waals surface area contributed by atoms with Gasteiger partial charge < -0.3 is 19.7 Å². The van der Waals surface area contributed by atoms with E-state index in [0.29, 0.717) is 31.3 Å². The van der Waals surface area contributed by atoms with Crippen LogP contribution in [0.3, 0.4) is 0 Å².